The normalized spacial score (nSPS) is 18.1. The molecule has 2 fully saturated rings. The van der Waals surface area contributed by atoms with Crippen molar-refractivity contribution < 1.29 is 28.3 Å². The van der Waals surface area contributed by atoms with E-state index in [0.717, 1.165) is 57.1 Å². The lowest BCUT2D eigenvalue weighted by atomic mass is 9.92. The van der Waals surface area contributed by atoms with Gasteiger partial charge in [0.05, 0.1) is 6.42 Å². The van der Waals surface area contributed by atoms with Gasteiger partial charge in [0.15, 0.2) is 0 Å². The number of nitrogens with one attached hydrogen (secondary N) is 2. The van der Waals surface area contributed by atoms with E-state index in [2.05, 4.69) is 10.6 Å². The van der Waals surface area contributed by atoms with Gasteiger partial charge >= 0.3 is 0 Å². The van der Waals surface area contributed by atoms with E-state index in [4.69, 9.17) is 0 Å². The number of carbonyl (C=O) groups excluding carboxylic acids is 3. The fourth-order valence-corrected chi connectivity index (χ4v) is 5.22. The Morgan fingerprint density at radius 1 is 0.949 bits per heavy atom. The Morgan fingerprint density at radius 3 is 2.21 bits per heavy atom. The van der Waals surface area contributed by atoms with E-state index in [9.17, 15) is 28.3 Å². The van der Waals surface area contributed by atoms with Crippen LogP contribution in [-0.4, -0.2) is 52.4 Å². The number of halogens is 2. The lowest BCUT2D eigenvalue weighted by Gasteiger charge is -2.38. The fraction of sp³-hybridized carbons (Fsp3) is 0.500. The zero-order chi connectivity index (χ0) is 27.9. The molecule has 0 aliphatic heterocycles. The molecule has 3 atom stereocenters. The first-order valence-corrected chi connectivity index (χ1v) is 13.8. The molecule has 4 rings (SSSR count). The molecule has 0 spiro atoms. The topological polar surface area (TPSA) is 98.7 Å². The molecule has 9 heteroatoms. The van der Waals surface area contributed by atoms with Crippen molar-refractivity contribution in [3.8, 4) is 0 Å². The van der Waals surface area contributed by atoms with Crippen LogP contribution in [0.1, 0.15) is 69.1 Å². The average molecular weight is 542 g/mol. The average Bonchev–Trinajstić information content (AvgIpc) is 3.74. The quantitative estimate of drug-likeness (QED) is 0.403. The van der Waals surface area contributed by atoms with Crippen LogP contribution < -0.4 is 10.6 Å². The van der Waals surface area contributed by atoms with Gasteiger partial charge < -0.3 is 20.6 Å². The molecule has 2 aromatic carbocycles. The van der Waals surface area contributed by atoms with Gasteiger partial charge in [0.25, 0.3) is 0 Å². The van der Waals surface area contributed by atoms with Crippen molar-refractivity contribution in [2.24, 2.45) is 5.92 Å². The highest BCUT2D eigenvalue weighted by atomic mass is 19.1. The van der Waals surface area contributed by atoms with Gasteiger partial charge in [-0.05, 0) is 61.8 Å². The summed E-state index contributed by atoms with van der Waals surface area (Å²) in [5.74, 6) is -2.73. The summed E-state index contributed by atoms with van der Waals surface area (Å²) in [7, 11) is 0. The molecule has 2 aliphatic carbocycles. The summed E-state index contributed by atoms with van der Waals surface area (Å²) in [4.78, 5) is 41.6. The van der Waals surface area contributed by atoms with Crippen LogP contribution in [0.3, 0.4) is 0 Å². The predicted octanol–water partition coefficient (Wildman–Crippen LogP) is 3.80. The van der Waals surface area contributed by atoms with E-state index in [1.54, 1.807) is 30.3 Å². The number of hydrogen-bond acceptors (Lipinski definition) is 4. The van der Waals surface area contributed by atoms with Crippen LogP contribution >= 0.6 is 0 Å². The van der Waals surface area contributed by atoms with Crippen LogP contribution in [0.5, 0.6) is 0 Å². The molecule has 0 aromatic heterocycles. The van der Waals surface area contributed by atoms with Crippen LogP contribution in [-0.2, 0) is 20.8 Å². The van der Waals surface area contributed by atoms with Crippen molar-refractivity contribution in [2.45, 2.75) is 82.5 Å². The number of carbonyl (C=O) groups is 3. The number of benzene rings is 2. The molecular formula is C30H37F2N3O4. The summed E-state index contributed by atoms with van der Waals surface area (Å²) in [6, 6.07) is 9.30. The molecule has 0 radical (unpaired) electrons. The van der Waals surface area contributed by atoms with E-state index in [-0.39, 0.29) is 23.9 Å². The van der Waals surface area contributed by atoms with Crippen LogP contribution in [0.2, 0.25) is 0 Å². The Bertz CT molecular complexity index is 1130. The molecule has 39 heavy (non-hydrogen) atoms. The van der Waals surface area contributed by atoms with Crippen molar-refractivity contribution in [1.29, 1.82) is 0 Å². The molecule has 3 N–H and O–H groups in total. The van der Waals surface area contributed by atoms with E-state index in [1.165, 1.54) is 6.92 Å². The highest BCUT2D eigenvalue weighted by Crippen LogP contribution is 2.33. The van der Waals surface area contributed by atoms with Crippen molar-refractivity contribution in [3.05, 3.63) is 71.3 Å². The fourth-order valence-electron chi connectivity index (χ4n) is 5.22. The third kappa shape index (κ3) is 8.08. The first-order chi connectivity index (χ1) is 18.7. The lowest BCUT2D eigenvalue weighted by Crippen LogP contribution is -2.57. The van der Waals surface area contributed by atoms with Gasteiger partial charge in [-0.1, -0.05) is 49.6 Å². The molecule has 0 bridgehead atoms. The Hall–Kier alpha value is -3.33. The summed E-state index contributed by atoms with van der Waals surface area (Å²) in [5, 5.41) is 16.5. The summed E-state index contributed by atoms with van der Waals surface area (Å²) in [6.07, 6.45) is 5.52. The van der Waals surface area contributed by atoms with Gasteiger partial charge in [0.1, 0.15) is 29.8 Å². The summed E-state index contributed by atoms with van der Waals surface area (Å²) >= 11 is 0. The largest absolute Gasteiger partial charge is 0.386 e. The van der Waals surface area contributed by atoms with Crippen LogP contribution in [0.15, 0.2) is 48.5 Å². The first kappa shape index (κ1) is 28.7. The Labute approximate surface area is 228 Å². The molecule has 7 nitrogen and oxygen atoms in total. The minimum Gasteiger partial charge on any atom is -0.386 e. The van der Waals surface area contributed by atoms with Gasteiger partial charge in [-0.2, -0.15) is 0 Å². The molecule has 2 saturated carbocycles. The zero-order valence-corrected chi connectivity index (χ0v) is 22.2. The molecule has 0 saturated heterocycles. The smallest absolute Gasteiger partial charge is 0.248 e. The maximum atomic E-state index is 14.0. The lowest BCUT2D eigenvalue weighted by molar-refractivity contribution is -0.143. The van der Waals surface area contributed by atoms with Crippen molar-refractivity contribution in [2.75, 3.05) is 6.54 Å². The number of hydrogen-bond donors (Lipinski definition) is 3. The molecule has 0 heterocycles. The van der Waals surface area contributed by atoms with Gasteiger partial charge in [0, 0.05) is 18.7 Å². The van der Waals surface area contributed by atoms with Crippen molar-refractivity contribution in [3.63, 3.8) is 0 Å². The minimum absolute atomic E-state index is 0.0676. The second kappa shape index (κ2) is 13.2. The third-order valence-electron chi connectivity index (χ3n) is 7.53. The zero-order valence-electron chi connectivity index (χ0n) is 22.2. The molecule has 2 aliphatic rings. The minimum atomic E-state index is -1.29. The molecular weight excluding hydrogens is 504 g/mol. The van der Waals surface area contributed by atoms with Crippen LogP contribution in [0.25, 0.3) is 0 Å². The monoisotopic (exact) mass is 541 g/mol. The van der Waals surface area contributed by atoms with Crippen LogP contribution in [0, 0.1) is 17.6 Å². The maximum absolute atomic E-state index is 14.0. The number of aliphatic hydroxyl groups excluding tert-OH is 1. The predicted molar refractivity (Wildman–Crippen MR) is 142 cm³/mol. The Morgan fingerprint density at radius 2 is 1.59 bits per heavy atom. The first-order valence-electron chi connectivity index (χ1n) is 13.8. The summed E-state index contributed by atoms with van der Waals surface area (Å²) in [6.45, 7) is 2.06. The van der Waals surface area contributed by atoms with E-state index >= 15 is 0 Å². The maximum Gasteiger partial charge on any atom is 0.248 e. The van der Waals surface area contributed by atoms with Gasteiger partial charge in [-0.25, -0.2) is 8.78 Å². The number of nitrogens with zero attached hydrogens (tertiary/aromatic N) is 1. The number of rotatable bonds is 11. The number of aliphatic hydroxyl groups is 1. The highest BCUT2D eigenvalue weighted by Gasteiger charge is 2.39. The second-order valence-corrected chi connectivity index (χ2v) is 10.8. The Balaban J connectivity index is 1.48. The van der Waals surface area contributed by atoms with Crippen LogP contribution in [0.4, 0.5) is 8.78 Å². The third-order valence-corrected chi connectivity index (χ3v) is 7.53. The second-order valence-electron chi connectivity index (χ2n) is 10.8. The van der Waals surface area contributed by atoms with Crippen molar-refractivity contribution in [1.82, 2.24) is 15.5 Å². The van der Waals surface area contributed by atoms with E-state index < -0.39 is 41.6 Å². The Kier molecular flexibility index (Phi) is 9.67. The standard InChI is InChI=1S/C30H37F2N3O4/c1-19(33-26(36)16-21-14-23(31)17-24(32)15-21)29(38)34-27(28(37)22-8-4-2-5-9-22)30(39)35(18-20-12-13-20)25-10-6-3-7-11-25/h2,4-5,8-9,14-15,17,19-20,25,27-28,37H,3,6-7,10-13,16,18H2,1H3,(H,33,36)(H,34,38)/t19-,27-,28+/m0/s1. The number of amides is 3. The van der Waals surface area contributed by atoms with E-state index in [0.29, 0.717) is 24.1 Å². The molecule has 210 valence electrons. The molecule has 3 amide bonds. The summed E-state index contributed by atoms with van der Waals surface area (Å²) < 4.78 is 27.0. The van der Waals surface area contributed by atoms with Gasteiger partial charge in [-0.3, -0.25) is 14.4 Å². The van der Waals surface area contributed by atoms with Crippen molar-refractivity contribution >= 4 is 17.7 Å². The molecule has 2 aromatic rings. The van der Waals surface area contributed by atoms with Gasteiger partial charge in [0.2, 0.25) is 17.7 Å². The molecule has 0 unspecified atom stereocenters. The van der Waals surface area contributed by atoms with E-state index in [1.807, 2.05) is 4.90 Å². The SMILES string of the molecule is C[C@H](NC(=O)Cc1cc(F)cc(F)c1)C(=O)N[C@H](C(=O)N(CC1CC1)C1CCCCC1)[C@H](O)c1ccccc1. The highest BCUT2D eigenvalue weighted by molar-refractivity contribution is 5.92. The van der Waals surface area contributed by atoms with Gasteiger partial charge in [-0.15, -0.1) is 0 Å². The summed E-state index contributed by atoms with van der Waals surface area (Å²) in [5.41, 5.74) is 0.629.